The molecule has 1 aromatic heterocycles. The minimum Gasteiger partial charge on any atom is -0.494 e. The number of halogens is 1. The molecule has 18 heavy (non-hydrogen) atoms. The van der Waals surface area contributed by atoms with E-state index in [9.17, 15) is 5.11 Å². The van der Waals surface area contributed by atoms with E-state index in [-0.39, 0.29) is 0 Å². The average molecular weight is 327 g/mol. The first kappa shape index (κ1) is 13.6. The largest absolute Gasteiger partial charge is 0.494 e. The third-order valence-corrected chi connectivity index (χ3v) is 4.84. The number of hydrogen-bond acceptors (Lipinski definition) is 3. The molecule has 2 nitrogen and oxygen atoms in total. The molecule has 0 radical (unpaired) electrons. The van der Waals surface area contributed by atoms with Gasteiger partial charge in [-0.05, 0) is 53.5 Å². The summed E-state index contributed by atoms with van der Waals surface area (Å²) in [5, 5.41) is 10.3. The van der Waals surface area contributed by atoms with Crippen LogP contribution in [0.4, 0.5) is 0 Å². The quantitative estimate of drug-likeness (QED) is 0.907. The second-order valence-electron chi connectivity index (χ2n) is 3.96. The maximum atomic E-state index is 10.3. The van der Waals surface area contributed by atoms with Crippen molar-refractivity contribution in [3.63, 3.8) is 0 Å². The van der Waals surface area contributed by atoms with Gasteiger partial charge in [0.2, 0.25) is 0 Å². The molecule has 0 saturated heterocycles. The van der Waals surface area contributed by atoms with Crippen molar-refractivity contribution >= 4 is 27.3 Å². The molecule has 1 atom stereocenters. The van der Waals surface area contributed by atoms with Crippen LogP contribution in [0.1, 0.15) is 28.3 Å². The first-order chi connectivity index (χ1) is 8.61. The lowest BCUT2D eigenvalue weighted by molar-refractivity contribution is 0.224. The Kier molecular flexibility index (Phi) is 4.43. The van der Waals surface area contributed by atoms with Gasteiger partial charge < -0.3 is 9.84 Å². The highest BCUT2D eigenvalue weighted by Gasteiger charge is 2.14. The molecule has 0 aliphatic rings. The molecule has 1 unspecified atom stereocenters. The zero-order valence-electron chi connectivity index (χ0n) is 10.3. The molecule has 0 aliphatic heterocycles. The van der Waals surface area contributed by atoms with Crippen molar-refractivity contribution in [2.24, 2.45) is 0 Å². The van der Waals surface area contributed by atoms with Crippen LogP contribution in [-0.4, -0.2) is 11.7 Å². The molecule has 0 amide bonds. The summed E-state index contributed by atoms with van der Waals surface area (Å²) in [6, 6.07) is 9.55. The number of rotatable bonds is 4. The molecule has 0 saturated carbocycles. The molecule has 1 aromatic carbocycles. The molecule has 0 fully saturated rings. The lowest BCUT2D eigenvalue weighted by Gasteiger charge is -2.10. The molecule has 2 aromatic rings. The van der Waals surface area contributed by atoms with Gasteiger partial charge in [0.25, 0.3) is 0 Å². The van der Waals surface area contributed by atoms with E-state index in [1.807, 2.05) is 44.2 Å². The Bertz CT molecular complexity index is 500. The highest BCUT2D eigenvalue weighted by Crippen LogP contribution is 2.34. The summed E-state index contributed by atoms with van der Waals surface area (Å²) in [5.41, 5.74) is 0.882. The molecule has 1 N–H and O–H groups in total. The number of benzene rings is 1. The number of aryl methyl sites for hydroxylation is 1. The van der Waals surface area contributed by atoms with E-state index in [2.05, 4.69) is 15.9 Å². The van der Waals surface area contributed by atoms with Gasteiger partial charge in [-0.15, -0.1) is 11.3 Å². The van der Waals surface area contributed by atoms with Crippen molar-refractivity contribution < 1.29 is 9.84 Å². The smallest absolute Gasteiger partial charge is 0.119 e. The molecule has 4 heteroatoms. The Morgan fingerprint density at radius 2 is 2.00 bits per heavy atom. The molecule has 2 rings (SSSR count). The van der Waals surface area contributed by atoms with Crippen molar-refractivity contribution in [1.82, 2.24) is 0 Å². The van der Waals surface area contributed by atoms with E-state index >= 15 is 0 Å². The van der Waals surface area contributed by atoms with Gasteiger partial charge in [-0.25, -0.2) is 0 Å². The fourth-order valence-corrected chi connectivity index (χ4v) is 3.27. The number of aliphatic hydroxyl groups is 1. The van der Waals surface area contributed by atoms with Crippen LogP contribution in [0.3, 0.4) is 0 Å². The van der Waals surface area contributed by atoms with Gasteiger partial charge in [0.1, 0.15) is 11.9 Å². The maximum absolute atomic E-state index is 10.3. The number of aliphatic hydroxyl groups excluding tert-OH is 1. The lowest BCUT2D eigenvalue weighted by atomic mass is 10.1. The third kappa shape index (κ3) is 2.94. The standard InChI is InChI=1S/C14H15BrO2S/c1-3-17-11-6-4-10(5-7-11)14(16)13-8-12(15)9(2)18-13/h4-8,14,16H,3H2,1-2H3. The number of hydrogen-bond donors (Lipinski definition) is 1. The van der Waals surface area contributed by atoms with E-state index in [0.29, 0.717) is 6.61 Å². The van der Waals surface area contributed by atoms with Gasteiger partial charge in [0.05, 0.1) is 6.61 Å². The SMILES string of the molecule is CCOc1ccc(C(O)c2cc(Br)c(C)s2)cc1. The van der Waals surface area contributed by atoms with Gasteiger partial charge in [0.15, 0.2) is 0 Å². The van der Waals surface area contributed by atoms with Crippen LogP contribution in [0.15, 0.2) is 34.8 Å². The van der Waals surface area contributed by atoms with Gasteiger partial charge in [0, 0.05) is 14.2 Å². The van der Waals surface area contributed by atoms with Crippen LogP contribution in [0.2, 0.25) is 0 Å². The summed E-state index contributed by atoms with van der Waals surface area (Å²) in [6.45, 7) is 4.64. The predicted octanol–water partition coefficient (Wildman–Crippen LogP) is 4.30. The van der Waals surface area contributed by atoms with E-state index in [1.165, 1.54) is 4.88 Å². The molecule has 0 aliphatic carbocycles. The molecular formula is C14H15BrO2S. The highest BCUT2D eigenvalue weighted by molar-refractivity contribution is 9.10. The molecule has 96 valence electrons. The van der Waals surface area contributed by atoms with Crippen LogP contribution < -0.4 is 4.74 Å². The topological polar surface area (TPSA) is 29.5 Å². The summed E-state index contributed by atoms with van der Waals surface area (Å²) in [4.78, 5) is 2.12. The Labute approximate surface area is 119 Å². The van der Waals surface area contributed by atoms with Gasteiger partial charge in [-0.2, -0.15) is 0 Å². The van der Waals surface area contributed by atoms with Crippen LogP contribution >= 0.6 is 27.3 Å². The highest BCUT2D eigenvalue weighted by atomic mass is 79.9. The van der Waals surface area contributed by atoms with Crippen molar-refractivity contribution in [2.75, 3.05) is 6.61 Å². The van der Waals surface area contributed by atoms with Gasteiger partial charge >= 0.3 is 0 Å². The van der Waals surface area contributed by atoms with Crippen LogP contribution in [0.25, 0.3) is 0 Å². The summed E-state index contributed by atoms with van der Waals surface area (Å²) in [7, 11) is 0. The zero-order valence-corrected chi connectivity index (χ0v) is 12.7. The predicted molar refractivity (Wildman–Crippen MR) is 78.4 cm³/mol. The van der Waals surface area contributed by atoms with Crippen LogP contribution in [-0.2, 0) is 0 Å². The number of thiophene rings is 1. The molecule has 0 bridgehead atoms. The van der Waals surface area contributed by atoms with Crippen LogP contribution in [0, 0.1) is 6.92 Å². The average Bonchev–Trinajstić information content (AvgIpc) is 2.70. The van der Waals surface area contributed by atoms with Gasteiger partial charge in [-0.1, -0.05) is 12.1 Å². The van der Waals surface area contributed by atoms with Crippen molar-refractivity contribution in [3.8, 4) is 5.75 Å². The Balaban J connectivity index is 2.20. The fourth-order valence-electron chi connectivity index (χ4n) is 1.69. The Morgan fingerprint density at radius 1 is 1.33 bits per heavy atom. The Morgan fingerprint density at radius 3 is 2.50 bits per heavy atom. The molecule has 1 heterocycles. The summed E-state index contributed by atoms with van der Waals surface area (Å²) in [5.74, 6) is 0.831. The summed E-state index contributed by atoms with van der Waals surface area (Å²) in [6.07, 6.45) is -0.573. The Hall–Kier alpha value is -0.840. The van der Waals surface area contributed by atoms with Crippen molar-refractivity contribution in [2.45, 2.75) is 20.0 Å². The zero-order chi connectivity index (χ0) is 13.1. The summed E-state index contributed by atoms with van der Waals surface area (Å²) < 4.78 is 6.43. The lowest BCUT2D eigenvalue weighted by Crippen LogP contribution is -1.97. The van der Waals surface area contributed by atoms with E-state index in [1.54, 1.807) is 11.3 Å². The first-order valence-corrected chi connectivity index (χ1v) is 7.39. The van der Waals surface area contributed by atoms with Crippen molar-refractivity contribution in [3.05, 3.63) is 50.1 Å². The second-order valence-corrected chi connectivity index (χ2v) is 6.10. The normalized spacial score (nSPS) is 12.4. The first-order valence-electron chi connectivity index (χ1n) is 5.78. The third-order valence-electron chi connectivity index (χ3n) is 2.65. The minimum atomic E-state index is -0.573. The van der Waals surface area contributed by atoms with Crippen LogP contribution in [0.5, 0.6) is 5.75 Å². The second kappa shape index (κ2) is 5.87. The molecular weight excluding hydrogens is 312 g/mol. The number of ether oxygens (including phenoxy) is 1. The summed E-state index contributed by atoms with van der Waals surface area (Å²) >= 11 is 5.07. The van der Waals surface area contributed by atoms with E-state index in [4.69, 9.17) is 4.74 Å². The molecule has 0 spiro atoms. The van der Waals surface area contributed by atoms with E-state index in [0.717, 1.165) is 20.7 Å². The van der Waals surface area contributed by atoms with Crippen molar-refractivity contribution in [1.29, 1.82) is 0 Å². The minimum absolute atomic E-state index is 0.573. The van der Waals surface area contributed by atoms with E-state index < -0.39 is 6.10 Å². The maximum Gasteiger partial charge on any atom is 0.119 e. The fraction of sp³-hybridized carbons (Fsp3) is 0.286. The monoisotopic (exact) mass is 326 g/mol. The van der Waals surface area contributed by atoms with Gasteiger partial charge in [-0.3, -0.25) is 0 Å².